The van der Waals surface area contributed by atoms with Crippen molar-refractivity contribution < 1.29 is 14.1 Å². The minimum Gasteiger partial charge on any atom is -0.467 e. The van der Waals surface area contributed by atoms with Gasteiger partial charge in [-0.1, -0.05) is 25.5 Å². The van der Waals surface area contributed by atoms with E-state index in [4.69, 9.17) is 10.5 Å². The van der Waals surface area contributed by atoms with Crippen LogP contribution >= 0.6 is 0 Å². The third-order valence-electron chi connectivity index (χ3n) is 3.27. The molecule has 0 aliphatic heterocycles. The first kappa shape index (κ1) is 13.4. The van der Waals surface area contributed by atoms with E-state index < -0.39 is 0 Å². The van der Waals surface area contributed by atoms with Crippen LogP contribution in [0.15, 0.2) is 24.3 Å². The highest BCUT2D eigenvalue weighted by Gasteiger charge is 2.22. The van der Waals surface area contributed by atoms with Gasteiger partial charge in [-0.25, -0.2) is 13.9 Å². The summed E-state index contributed by atoms with van der Waals surface area (Å²) in [5, 5.41) is 0. The van der Waals surface area contributed by atoms with Crippen LogP contribution in [0, 0.1) is 0 Å². The van der Waals surface area contributed by atoms with Gasteiger partial charge in [0, 0.05) is 0 Å². The van der Waals surface area contributed by atoms with E-state index in [9.17, 15) is 4.79 Å². The third kappa shape index (κ3) is 2.54. The molecule has 0 aliphatic carbocycles. The van der Waals surface area contributed by atoms with Crippen LogP contribution in [0.3, 0.4) is 0 Å². The van der Waals surface area contributed by atoms with Crippen molar-refractivity contribution in [1.82, 2.24) is 4.57 Å². The molecule has 0 atom stereocenters. The van der Waals surface area contributed by atoms with E-state index in [0.717, 1.165) is 30.4 Å². The molecule has 0 bridgehead atoms. The Morgan fingerprint density at radius 2 is 2.16 bits per heavy atom. The van der Waals surface area contributed by atoms with Gasteiger partial charge in [-0.2, -0.15) is 0 Å². The maximum atomic E-state index is 11.5. The van der Waals surface area contributed by atoms with Crippen molar-refractivity contribution in [2.45, 2.75) is 32.9 Å². The summed E-state index contributed by atoms with van der Waals surface area (Å²) in [7, 11) is 1.38. The van der Waals surface area contributed by atoms with Crippen LogP contribution in [-0.4, -0.2) is 17.6 Å². The molecule has 0 amide bonds. The fraction of sp³-hybridized carbons (Fsp3) is 0.429. The third-order valence-corrected chi connectivity index (χ3v) is 3.27. The minimum absolute atomic E-state index is 0.141. The number of carbonyl (C=O) groups is 1. The number of ether oxygens (including phenoxy) is 1. The Labute approximate surface area is 112 Å². The van der Waals surface area contributed by atoms with Crippen molar-refractivity contribution in [3.05, 3.63) is 24.3 Å². The van der Waals surface area contributed by atoms with Gasteiger partial charge in [0.25, 0.3) is 0 Å². The van der Waals surface area contributed by atoms with E-state index in [0.29, 0.717) is 5.95 Å². The highest BCUT2D eigenvalue weighted by Crippen LogP contribution is 2.16. The molecule has 0 saturated carbocycles. The standard InChI is InChI=1S/C14H19N3O2/c1-3-4-9-16-11-7-5-6-8-12(11)17(14(16)15)10-13(18)19-2/h5-8,15H,3-4,9-10H2,1-2H3/p+1. The van der Waals surface area contributed by atoms with Crippen LogP contribution in [0.5, 0.6) is 0 Å². The predicted octanol–water partition coefficient (Wildman–Crippen LogP) is 1.48. The molecule has 5 nitrogen and oxygen atoms in total. The number of aromatic nitrogens is 2. The average molecular weight is 262 g/mol. The summed E-state index contributed by atoms with van der Waals surface area (Å²) in [5.41, 5.74) is 8.19. The molecule has 0 radical (unpaired) electrons. The fourth-order valence-corrected chi connectivity index (χ4v) is 2.22. The van der Waals surface area contributed by atoms with Gasteiger partial charge in [0.05, 0.1) is 13.7 Å². The number of hydrogen-bond acceptors (Lipinski definition) is 3. The number of unbranched alkanes of at least 4 members (excludes halogenated alkanes) is 1. The number of aryl methyl sites for hydroxylation is 1. The maximum absolute atomic E-state index is 11.5. The van der Waals surface area contributed by atoms with Crippen molar-refractivity contribution in [1.29, 1.82) is 0 Å². The minimum atomic E-state index is -0.296. The highest BCUT2D eigenvalue weighted by molar-refractivity contribution is 5.75. The van der Waals surface area contributed by atoms with Gasteiger partial charge in [-0.3, -0.25) is 5.73 Å². The van der Waals surface area contributed by atoms with Gasteiger partial charge >= 0.3 is 11.9 Å². The number of benzene rings is 1. The number of methoxy groups -OCH3 is 1. The van der Waals surface area contributed by atoms with Crippen molar-refractivity contribution in [2.24, 2.45) is 0 Å². The van der Waals surface area contributed by atoms with Crippen LogP contribution in [0.1, 0.15) is 19.8 Å². The highest BCUT2D eigenvalue weighted by atomic mass is 16.5. The molecule has 5 heteroatoms. The Morgan fingerprint density at radius 1 is 1.42 bits per heavy atom. The lowest BCUT2D eigenvalue weighted by Gasteiger charge is -2.00. The second-order valence-corrected chi connectivity index (χ2v) is 4.51. The summed E-state index contributed by atoms with van der Waals surface area (Å²) in [6.45, 7) is 3.14. The smallest absolute Gasteiger partial charge is 0.356 e. The molecular weight excluding hydrogens is 242 g/mol. The van der Waals surface area contributed by atoms with E-state index in [-0.39, 0.29) is 12.5 Å². The van der Waals surface area contributed by atoms with Crippen molar-refractivity contribution >= 4 is 23.0 Å². The molecule has 102 valence electrons. The first-order valence-electron chi connectivity index (χ1n) is 6.52. The van der Waals surface area contributed by atoms with Crippen LogP contribution in [0.2, 0.25) is 0 Å². The zero-order chi connectivity index (χ0) is 13.8. The molecule has 2 aromatic rings. The summed E-state index contributed by atoms with van der Waals surface area (Å²) in [6, 6.07) is 7.92. The fourth-order valence-electron chi connectivity index (χ4n) is 2.22. The van der Waals surface area contributed by atoms with Gasteiger partial charge in [0.1, 0.15) is 11.0 Å². The predicted molar refractivity (Wildman–Crippen MR) is 73.5 cm³/mol. The first-order chi connectivity index (χ1) is 9.19. The number of fused-ring (bicyclic) bond motifs is 1. The number of anilines is 1. The average Bonchev–Trinajstić information content (AvgIpc) is 2.70. The molecule has 1 aromatic carbocycles. The number of nitrogen functional groups attached to an aromatic ring is 1. The molecule has 2 rings (SSSR count). The van der Waals surface area contributed by atoms with Gasteiger partial charge in [0.15, 0.2) is 6.54 Å². The molecule has 0 unspecified atom stereocenters. The maximum Gasteiger partial charge on any atom is 0.356 e. The molecule has 1 heterocycles. The van der Waals surface area contributed by atoms with Gasteiger partial charge in [0.2, 0.25) is 0 Å². The lowest BCUT2D eigenvalue weighted by Crippen LogP contribution is -2.40. The van der Waals surface area contributed by atoms with E-state index in [2.05, 4.69) is 11.5 Å². The van der Waals surface area contributed by atoms with E-state index in [1.54, 1.807) is 4.57 Å². The summed E-state index contributed by atoms with van der Waals surface area (Å²) in [5.74, 6) is 0.301. The Morgan fingerprint density at radius 3 is 2.84 bits per heavy atom. The topological polar surface area (TPSA) is 61.1 Å². The van der Waals surface area contributed by atoms with Crippen LogP contribution in [0.4, 0.5) is 5.95 Å². The lowest BCUT2D eigenvalue weighted by molar-refractivity contribution is -0.645. The van der Waals surface area contributed by atoms with Crippen LogP contribution in [-0.2, 0) is 22.6 Å². The molecule has 2 N–H and O–H groups in total. The van der Waals surface area contributed by atoms with E-state index >= 15 is 0 Å². The zero-order valence-electron chi connectivity index (χ0n) is 11.4. The van der Waals surface area contributed by atoms with Gasteiger partial charge < -0.3 is 4.74 Å². The molecule has 0 saturated heterocycles. The second-order valence-electron chi connectivity index (χ2n) is 4.51. The van der Waals surface area contributed by atoms with Crippen molar-refractivity contribution in [3.63, 3.8) is 0 Å². The molecule has 0 aliphatic rings. The first-order valence-corrected chi connectivity index (χ1v) is 6.52. The normalized spacial score (nSPS) is 10.8. The number of nitrogens with two attached hydrogens (primary N) is 1. The Bertz CT molecular complexity index is 590. The Hall–Kier alpha value is -2.04. The Kier molecular flexibility index (Phi) is 4.04. The Balaban J connectivity index is 2.50. The van der Waals surface area contributed by atoms with Gasteiger partial charge in [-0.05, 0) is 18.6 Å². The van der Waals surface area contributed by atoms with E-state index in [1.165, 1.54) is 7.11 Å². The number of carbonyl (C=O) groups excluding carboxylic acids is 1. The lowest BCUT2D eigenvalue weighted by atomic mass is 10.3. The monoisotopic (exact) mass is 262 g/mol. The molecular formula is C14H20N3O2+. The number of hydrogen-bond donors (Lipinski definition) is 1. The summed E-state index contributed by atoms with van der Waals surface area (Å²) in [6.07, 6.45) is 2.16. The molecule has 0 fully saturated rings. The van der Waals surface area contributed by atoms with E-state index in [1.807, 2.05) is 24.3 Å². The number of esters is 1. The zero-order valence-corrected chi connectivity index (χ0v) is 11.4. The number of nitrogens with zero attached hydrogens (tertiary/aromatic N) is 2. The second kappa shape index (κ2) is 5.73. The molecule has 19 heavy (non-hydrogen) atoms. The van der Waals surface area contributed by atoms with Crippen LogP contribution < -0.4 is 10.3 Å². The molecule has 1 aromatic heterocycles. The van der Waals surface area contributed by atoms with Crippen molar-refractivity contribution in [3.8, 4) is 0 Å². The van der Waals surface area contributed by atoms with Crippen molar-refractivity contribution in [2.75, 3.05) is 12.8 Å². The summed E-state index contributed by atoms with van der Waals surface area (Å²) in [4.78, 5) is 11.5. The SMILES string of the molecule is CCCCn1c(N)[n+](CC(=O)OC)c2ccccc21. The van der Waals surface area contributed by atoms with Gasteiger partial charge in [-0.15, -0.1) is 0 Å². The number of rotatable bonds is 5. The summed E-state index contributed by atoms with van der Waals surface area (Å²) < 4.78 is 8.58. The number of imidazole rings is 1. The van der Waals surface area contributed by atoms with Crippen LogP contribution in [0.25, 0.3) is 11.0 Å². The summed E-state index contributed by atoms with van der Waals surface area (Å²) >= 11 is 0. The number of para-hydroxylation sites is 2. The molecule has 0 spiro atoms. The quantitative estimate of drug-likeness (QED) is 0.656. The largest absolute Gasteiger partial charge is 0.467 e.